The van der Waals surface area contributed by atoms with Gasteiger partial charge in [0.2, 0.25) is 5.91 Å². The Kier molecular flexibility index (Phi) is 3.43. The normalized spacial score (nSPS) is 25.9. The highest BCUT2D eigenvalue weighted by atomic mass is 16.2. The SMILES string of the molecule is CCN1CCC[C@]2(CCN(C(=O)c3n[nH]nc3C)C2)C1=O. The smallest absolute Gasteiger partial charge is 0.276 e. The number of aromatic nitrogens is 3. The van der Waals surface area contributed by atoms with E-state index >= 15 is 0 Å². The maximum absolute atomic E-state index is 12.7. The summed E-state index contributed by atoms with van der Waals surface area (Å²) in [5, 5.41) is 10.3. The Hall–Kier alpha value is -1.92. The average molecular weight is 291 g/mol. The fourth-order valence-electron chi connectivity index (χ4n) is 3.51. The van der Waals surface area contributed by atoms with Crippen molar-refractivity contribution in [3.8, 4) is 0 Å². The van der Waals surface area contributed by atoms with Gasteiger partial charge >= 0.3 is 0 Å². The summed E-state index contributed by atoms with van der Waals surface area (Å²) < 4.78 is 0. The highest BCUT2D eigenvalue weighted by Crippen LogP contribution is 2.40. The van der Waals surface area contributed by atoms with Crippen molar-refractivity contribution >= 4 is 11.8 Å². The molecule has 2 saturated heterocycles. The molecule has 21 heavy (non-hydrogen) atoms. The number of nitrogens with zero attached hydrogens (tertiary/aromatic N) is 4. The summed E-state index contributed by atoms with van der Waals surface area (Å²) in [4.78, 5) is 28.8. The quantitative estimate of drug-likeness (QED) is 0.864. The first-order chi connectivity index (χ1) is 10.1. The number of rotatable bonds is 2. The van der Waals surface area contributed by atoms with Gasteiger partial charge in [-0.25, -0.2) is 0 Å². The highest BCUT2D eigenvalue weighted by Gasteiger charge is 2.49. The maximum atomic E-state index is 12.7. The number of hydrogen-bond donors (Lipinski definition) is 1. The lowest BCUT2D eigenvalue weighted by Crippen LogP contribution is -2.50. The molecule has 0 saturated carbocycles. The molecule has 7 heteroatoms. The highest BCUT2D eigenvalue weighted by molar-refractivity contribution is 5.94. The lowest BCUT2D eigenvalue weighted by atomic mass is 9.78. The van der Waals surface area contributed by atoms with Gasteiger partial charge in [-0.05, 0) is 33.1 Å². The Morgan fingerprint density at radius 3 is 2.81 bits per heavy atom. The van der Waals surface area contributed by atoms with Crippen LogP contribution in [0.4, 0.5) is 0 Å². The molecule has 1 atom stereocenters. The van der Waals surface area contributed by atoms with Crippen LogP contribution in [-0.2, 0) is 4.79 Å². The van der Waals surface area contributed by atoms with E-state index in [2.05, 4.69) is 15.4 Å². The van der Waals surface area contributed by atoms with Crippen molar-refractivity contribution in [2.24, 2.45) is 5.41 Å². The molecule has 114 valence electrons. The lowest BCUT2D eigenvalue weighted by molar-refractivity contribution is -0.145. The largest absolute Gasteiger partial charge is 0.342 e. The summed E-state index contributed by atoms with van der Waals surface area (Å²) in [6.45, 7) is 6.48. The number of H-pyrrole nitrogens is 1. The molecular formula is C14H21N5O2. The number of hydrogen-bond acceptors (Lipinski definition) is 4. The van der Waals surface area contributed by atoms with Gasteiger partial charge < -0.3 is 9.80 Å². The van der Waals surface area contributed by atoms with Gasteiger partial charge in [0.25, 0.3) is 5.91 Å². The number of carbonyl (C=O) groups excluding carboxylic acids is 2. The minimum Gasteiger partial charge on any atom is -0.342 e. The number of aromatic amines is 1. The van der Waals surface area contributed by atoms with Crippen molar-refractivity contribution < 1.29 is 9.59 Å². The van der Waals surface area contributed by atoms with E-state index in [9.17, 15) is 9.59 Å². The molecule has 3 rings (SSSR count). The second-order valence-corrected chi connectivity index (χ2v) is 6.00. The number of piperidine rings is 1. The van der Waals surface area contributed by atoms with Crippen LogP contribution in [0.2, 0.25) is 0 Å². The maximum Gasteiger partial charge on any atom is 0.276 e. The van der Waals surface area contributed by atoms with E-state index < -0.39 is 0 Å². The lowest BCUT2D eigenvalue weighted by Gasteiger charge is -2.38. The molecule has 1 aromatic heterocycles. The Balaban J connectivity index is 1.77. The van der Waals surface area contributed by atoms with Crippen molar-refractivity contribution in [1.82, 2.24) is 25.2 Å². The van der Waals surface area contributed by atoms with Gasteiger partial charge in [0.15, 0.2) is 5.69 Å². The first kappa shape index (κ1) is 14.0. The monoisotopic (exact) mass is 291 g/mol. The summed E-state index contributed by atoms with van der Waals surface area (Å²) in [7, 11) is 0. The fourth-order valence-corrected chi connectivity index (χ4v) is 3.51. The summed E-state index contributed by atoms with van der Waals surface area (Å²) in [5.41, 5.74) is 0.593. The number of carbonyl (C=O) groups is 2. The van der Waals surface area contributed by atoms with Crippen molar-refractivity contribution in [2.75, 3.05) is 26.2 Å². The molecule has 3 heterocycles. The van der Waals surface area contributed by atoms with Gasteiger partial charge in [-0.15, -0.1) is 0 Å². The average Bonchev–Trinajstić information content (AvgIpc) is 3.09. The van der Waals surface area contributed by atoms with E-state index in [1.54, 1.807) is 11.8 Å². The number of aryl methyl sites for hydroxylation is 1. The Labute approximate surface area is 123 Å². The molecule has 0 aliphatic carbocycles. The zero-order valence-electron chi connectivity index (χ0n) is 12.6. The fraction of sp³-hybridized carbons (Fsp3) is 0.714. The van der Waals surface area contributed by atoms with Crippen LogP contribution in [0.25, 0.3) is 0 Å². The Bertz CT molecular complexity index is 569. The Morgan fingerprint density at radius 1 is 1.33 bits per heavy atom. The molecule has 1 N–H and O–H groups in total. The molecule has 2 amide bonds. The van der Waals surface area contributed by atoms with E-state index in [-0.39, 0.29) is 17.2 Å². The molecule has 1 spiro atoms. The summed E-state index contributed by atoms with van der Waals surface area (Å²) in [5.74, 6) is 0.0861. The second kappa shape index (κ2) is 5.13. The summed E-state index contributed by atoms with van der Waals surface area (Å²) in [6.07, 6.45) is 2.65. The molecule has 2 aliphatic heterocycles. The minimum absolute atomic E-state index is 0.125. The van der Waals surface area contributed by atoms with Crippen LogP contribution < -0.4 is 0 Å². The van der Waals surface area contributed by atoms with Gasteiger partial charge in [0.1, 0.15) is 0 Å². The van der Waals surface area contributed by atoms with Crippen LogP contribution in [0.3, 0.4) is 0 Å². The van der Waals surface area contributed by atoms with E-state index in [0.717, 1.165) is 32.4 Å². The van der Waals surface area contributed by atoms with Crippen LogP contribution in [0, 0.1) is 12.3 Å². The molecule has 0 unspecified atom stereocenters. The number of likely N-dealkylation sites (tertiary alicyclic amines) is 2. The second-order valence-electron chi connectivity index (χ2n) is 6.00. The predicted molar refractivity (Wildman–Crippen MR) is 75.6 cm³/mol. The zero-order chi connectivity index (χ0) is 15.0. The van der Waals surface area contributed by atoms with Crippen molar-refractivity contribution in [3.63, 3.8) is 0 Å². The van der Waals surface area contributed by atoms with Gasteiger partial charge in [-0.2, -0.15) is 15.4 Å². The van der Waals surface area contributed by atoms with Gasteiger partial charge in [-0.1, -0.05) is 0 Å². The van der Waals surface area contributed by atoms with Crippen molar-refractivity contribution in [3.05, 3.63) is 11.4 Å². The minimum atomic E-state index is -0.373. The van der Waals surface area contributed by atoms with E-state index in [1.807, 2.05) is 11.8 Å². The zero-order valence-corrected chi connectivity index (χ0v) is 12.6. The summed E-state index contributed by atoms with van der Waals surface area (Å²) >= 11 is 0. The first-order valence-corrected chi connectivity index (χ1v) is 7.53. The third kappa shape index (κ3) is 2.20. The van der Waals surface area contributed by atoms with Crippen LogP contribution in [-0.4, -0.2) is 63.2 Å². The number of nitrogens with one attached hydrogen (secondary N) is 1. The molecular weight excluding hydrogens is 270 g/mol. The molecule has 0 aromatic carbocycles. The van der Waals surface area contributed by atoms with Crippen LogP contribution in [0.15, 0.2) is 0 Å². The van der Waals surface area contributed by atoms with Gasteiger partial charge in [-0.3, -0.25) is 9.59 Å². The van der Waals surface area contributed by atoms with Gasteiger partial charge in [0, 0.05) is 26.2 Å². The van der Waals surface area contributed by atoms with Gasteiger partial charge in [0.05, 0.1) is 11.1 Å². The Morgan fingerprint density at radius 2 is 2.14 bits per heavy atom. The molecule has 0 radical (unpaired) electrons. The summed E-state index contributed by atoms with van der Waals surface area (Å²) in [6, 6.07) is 0. The first-order valence-electron chi connectivity index (χ1n) is 7.53. The van der Waals surface area contributed by atoms with Crippen LogP contribution in [0.5, 0.6) is 0 Å². The van der Waals surface area contributed by atoms with Crippen LogP contribution in [0.1, 0.15) is 42.4 Å². The van der Waals surface area contributed by atoms with E-state index in [1.165, 1.54) is 0 Å². The third-order valence-electron chi connectivity index (χ3n) is 4.77. The predicted octanol–water partition coefficient (Wildman–Crippen LogP) is 0.588. The van der Waals surface area contributed by atoms with Crippen LogP contribution >= 0.6 is 0 Å². The third-order valence-corrected chi connectivity index (χ3v) is 4.77. The topological polar surface area (TPSA) is 82.2 Å². The van der Waals surface area contributed by atoms with Crippen molar-refractivity contribution in [1.29, 1.82) is 0 Å². The molecule has 0 bridgehead atoms. The standard InChI is InChI=1S/C14H21N5O2/c1-3-18-7-4-5-14(13(18)21)6-8-19(9-14)12(20)11-10(2)15-17-16-11/h3-9H2,1-2H3,(H,15,16,17)/t14-/m1/s1. The van der Waals surface area contributed by atoms with Crippen molar-refractivity contribution in [2.45, 2.75) is 33.1 Å². The molecule has 7 nitrogen and oxygen atoms in total. The van der Waals surface area contributed by atoms with E-state index in [4.69, 9.17) is 0 Å². The van der Waals surface area contributed by atoms with E-state index in [0.29, 0.717) is 24.5 Å². The molecule has 2 aliphatic rings. The molecule has 1 aromatic rings. The molecule has 2 fully saturated rings. The number of amides is 2.